The van der Waals surface area contributed by atoms with E-state index in [0.717, 1.165) is 5.56 Å². The second-order valence-electron chi connectivity index (χ2n) is 15.0. The zero-order valence-electron chi connectivity index (χ0n) is 33.8. The van der Waals surface area contributed by atoms with E-state index >= 15 is 0 Å². The van der Waals surface area contributed by atoms with Crippen LogP contribution in [0.3, 0.4) is 0 Å². The Balaban J connectivity index is 0.0000124. The molecular formula is C40H54N7O12Tb. The van der Waals surface area contributed by atoms with Gasteiger partial charge in [-0.15, -0.1) is 0 Å². The molecule has 0 aliphatic carbocycles. The van der Waals surface area contributed by atoms with Crippen molar-refractivity contribution in [2.24, 2.45) is 5.92 Å². The van der Waals surface area contributed by atoms with Crippen LogP contribution in [-0.2, 0) is 46.5 Å². The van der Waals surface area contributed by atoms with Gasteiger partial charge in [0, 0.05) is 97.1 Å². The van der Waals surface area contributed by atoms with E-state index in [-0.39, 0.29) is 109 Å². The van der Waals surface area contributed by atoms with Crippen molar-refractivity contribution in [1.82, 2.24) is 30.2 Å². The molecule has 2 atom stereocenters. The Labute approximate surface area is 379 Å². The molecule has 1 saturated heterocycles. The van der Waals surface area contributed by atoms with Crippen LogP contribution in [0.25, 0.3) is 0 Å². The van der Waals surface area contributed by atoms with Gasteiger partial charge in [0.25, 0.3) is 0 Å². The van der Waals surface area contributed by atoms with Gasteiger partial charge in [0.2, 0.25) is 17.7 Å². The summed E-state index contributed by atoms with van der Waals surface area (Å²) in [5.41, 5.74) is 1.85. The van der Waals surface area contributed by atoms with Crippen LogP contribution < -0.4 is 31.3 Å². The smallest absolute Gasteiger partial charge is 0.549 e. The number of carboxylic acid groups (broad SMARTS) is 4. The van der Waals surface area contributed by atoms with Crippen molar-refractivity contribution in [3.8, 4) is 5.75 Å². The Hall–Kier alpha value is -4.34. The monoisotopic (exact) mass is 983 g/mol. The van der Waals surface area contributed by atoms with Crippen LogP contribution in [0.1, 0.15) is 44.2 Å². The normalized spacial score (nSPS) is 15.9. The molecule has 0 aromatic heterocycles. The first-order valence-corrected chi connectivity index (χ1v) is 19.4. The topological polar surface area (TPSA) is 278 Å². The molecule has 3 rings (SSSR count). The van der Waals surface area contributed by atoms with Crippen LogP contribution in [0.15, 0.2) is 48.5 Å². The van der Waals surface area contributed by atoms with E-state index < -0.39 is 66.6 Å². The van der Waals surface area contributed by atoms with Crippen molar-refractivity contribution in [3.63, 3.8) is 0 Å². The number of phenolic OH excluding ortho intramolecular Hbond substituents is 1. The van der Waals surface area contributed by atoms with E-state index in [1.165, 1.54) is 12.1 Å². The number of amides is 3. The maximum atomic E-state index is 13.8. The van der Waals surface area contributed by atoms with Gasteiger partial charge in [-0.2, -0.15) is 0 Å². The third-order valence-electron chi connectivity index (χ3n) is 9.55. The van der Waals surface area contributed by atoms with E-state index in [1.807, 2.05) is 18.7 Å². The van der Waals surface area contributed by atoms with Crippen LogP contribution in [0.5, 0.6) is 5.75 Å². The van der Waals surface area contributed by atoms with Crippen molar-refractivity contribution in [2.45, 2.75) is 58.2 Å². The first-order valence-electron chi connectivity index (χ1n) is 19.4. The molecule has 1 aliphatic rings. The summed E-state index contributed by atoms with van der Waals surface area (Å²) < 4.78 is 0. The van der Waals surface area contributed by atoms with Gasteiger partial charge in [0.1, 0.15) is 17.8 Å². The number of aliphatic carboxylic acids is 4. The van der Waals surface area contributed by atoms with Crippen molar-refractivity contribution in [3.05, 3.63) is 59.7 Å². The number of aromatic hydroxyl groups is 1. The number of benzene rings is 2. The molecule has 1 aliphatic heterocycles. The molecular weight excluding hydrogens is 929 g/mol. The van der Waals surface area contributed by atoms with Crippen LogP contribution >= 0.6 is 0 Å². The average molecular weight is 984 g/mol. The van der Waals surface area contributed by atoms with E-state index in [9.17, 15) is 54.0 Å². The predicted octanol–water partition coefficient (Wildman–Crippen LogP) is -3.57. The molecule has 20 heteroatoms. The SMILES string of the molecule is CC(C)C[C@H](NC(=O)CCC(=O)O)C(=O)N[C@@H](Cc1ccc(O)cc1)C(=O)Nc1ccc(CN2CCN(CC(=O)[O-])CCN(CC(=O)[O-])CCN(CC(=O)[O-])CC2)cc1.[Tb+3]. The molecule has 60 heavy (non-hydrogen) atoms. The largest absolute Gasteiger partial charge is 3.00 e. The van der Waals surface area contributed by atoms with Gasteiger partial charge < -0.3 is 55.9 Å². The van der Waals surface area contributed by atoms with Gasteiger partial charge >= 0.3 is 44.6 Å². The number of carbonyl (C=O) groups excluding carboxylic acids is 6. The minimum atomic E-state index is -1.31. The molecule has 0 radical (unpaired) electrons. The second-order valence-corrected chi connectivity index (χ2v) is 15.0. The molecule has 0 unspecified atom stereocenters. The quantitative estimate of drug-likeness (QED) is 0.0859. The molecule has 2 aromatic carbocycles. The summed E-state index contributed by atoms with van der Waals surface area (Å²) in [5, 5.41) is 61.3. The van der Waals surface area contributed by atoms with E-state index in [4.69, 9.17) is 5.11 Å². The van der Waals surface area contributed by atoms with Crippen molar-refractivity contribution >= 4 is 47.3 Å². The fourth-order valence-corrected chi connectivity index (χ4v) is 6.48. The Morgan fingerprint density at radius 2 is 1.07 bits per heavy atom. The van der Waals surface area contributed by atoms with Crippen LogP contribution in [0.4, 0.5) is 5.69 Å². The average Bonchev–Trinajstić information content (AvgIpc) is 3.15. The zero-order valence-corrected chi connectivity index (χ0v) is 35.9. The Morgan fingerprint density at radius 1 is 0.617 bits per heavy atom. The van der Waals surface area contributed by atoms with Crippen LogP contribution in [-0.4, -0.2) is 155 Å². The first kappa shape index (κ1) is 51.8. The van der Waals surface area contributed by atoms with Gasteiger partial charge in [-0.3, -0.25) is 38.8 Å². The molecule has 0 spiro atoms. The number of anilines is 1. The van der Waals surface area contributed by atoms with E-state index in [1.54, 1.807) is 51.1 Å². The number of carboxylic acids is 4. The van der Waals surface area contributed by atoms with Gasteiger partial charge in [-0.25, -0.2) is 0 Å². The number of nitrogens with zero attached hydrogens (tertiary/aromatic N) is 4. The minimum Gasteiger partial charge on any atom is -0.549 e. The van der Waals surface area contributed by atoms with E-state index in [2.05, 4.69) is 16.0 Å². The molecule has 0 saturated carbocycles. The summed E-state index contributed by atoms with van der Waals surface area (Å²) in [6.45, 7) is 5.12. The summed E-state index contributed by atoms with van der Waals surface area (Å²) in [5.74, 6) is -6.87. The van der Waals surface area contributed by atoms with Gasteiger partial charge in [-0.1, -0.05) is 38.1 Å². The van der Waals surface area contributed by atoms with Gasteiger partial charge in [0.05, 0.1) is 24.3 Å². The summed E-state index contributed by atoms with van der Waals surface area (Å²) >= 11 is 0. The van der Waals surface area contributed by atoms with Crippen LogP contribution in [0, 0.1) is 44.5 Å². The van der Waals surface area contributed by atoms with E-state index in [0.29, 0.717) is 44.0 Å². The van der Waals surface area contributed by atoms with Gasteiger partial charge in [0.15, 0.2) is 0 Å². The number of hydrogen-bond acceptors (Lipinski definition) is 15. The minimum absolute atomic E-state index is 0. The summed E-state index contributed by atoms with van der Waals surface area (Å²) in [4.78, 5) is 92.1. The van der Waals surface area contributed by atoms with Crippen molar-refractivity contribution in [1.29, 1.82) is 0 Å². The fraction of sp³-hybridized carbons (Fsp3) is 0.525. The van der Waals surface area contributed by atoms with Crippen LogP contribution in [0.2, 0.25) is 0 Å². The first-order chi connectivity index (χ1) is 27.9. The third-order valence-corrected chi connectivity index (χ3v) is 9.55. The number of rotatable bonds is 20. The van der Waals surface area contributed by atoms with Gasteiger partial charge in [-0.05, 0) is 47.7 Å². The Kier molecular flexibility index (Phi) is 23.1. The Bertz CT molecular complexity index is 1700. The molecule has 19 nitrogen and oxygen atoms in total. The summed E-state index contributed by atoms with van der Waals surface area (Å²) in [6.07, 6.45) is -0.474. The number of carbonyl (C=O) groups is 7. The molecule has 5 N–H and O–H groups in total. The summed E-state index contributed by atoms with van der Waals surface area (Å²) in [6, 6.07) is 10.8. The third kappa shape index (κ3) is 20.8. The molecule has 1 heterocycles. The number of nitrogens with one attached hydrogen (secondary N) is 3. The summed E-state index contributed by atoms with van der Waals surface area (Å²) in [7, 11) is 0. The standard InChI is InChI=1S/C40H57N7O12.Tb/c1-27(2)21-32(42-34(49)11-12-35(50)51)40(59)43-33(22-28-5-9-31(48)10-6-28)39(58)41-30-7-3-29(4-8-30)23-44-13-15-45(24-36(52)53)17-19-47(26-38(56)57)20-18-46(16-14-44)25-37(54)55;/h3-10,27,32-33,48H,11-26H2,1-2H3,(H,41,58)(H,42,49)(H,43,59)(H,50,51)(H,52,53)(H,54,55)(H,56,57);/q;+3/p-3/t32-,33-;/m0./s1. The molecule has 330 valence electrons. The zero-order chi connectivity index (χ0) is 43.5. The Morgan fingerprint density at radius 3 is 1.50 bits per heavy atom. The molecule has 3 amide bonds. The second kappa shape index (κ2) is 26.8. The molecule has 0 bridgehead atoms. The number of phenols is 1. The maximum Gasteiger partial charge on any atom is 3.00 e. The maximum absolute atomic E-state index is 13.8. The fourth-order valence-electron chi connectivity index (χ4n) is 6.48. The predicted molar refractivity (Wildman–Crippen MR) is 207 cm³/mol. The van der Waals surface area contributed by atoms with Crippen molar-refractivity contribution < 1.29 is 97.7 Å². The molecule has 2 aromatic rings. The van der Waals surface area contributed by atoms with Crippen molar-refractivity contribution in [2.75, 3.05) is 77.3 Å². The molecule has 1 fully saturated rings. The number of hydrogen-bond donors (Lipinski definition) is 5.